The highest BCUT2D eigenvalue weighted by molar-refractivity contribution is 7.90. The molecule has 0 radical (unpaired) electrons. The summed E-state index contributed by atoms with van der Waals surface area (Å²) in [6.45, 7) is 12.8. The Balaban J connectivity index is 1.13. The highest BCUT2D eigenvalue weighted by Crippen LogP contribution is 2.49. The zero-order valence-corrected chi connectivity index (χ0v) is 32.8. The van der Waals surface area contributed by atoms with Gasteiger partial charge in [-0.25, -0.2) is 13.1 Å². The van der Waals surface area contributed by atoms with E-state index in [9.17, 15) is 13.2 Å². The minimum Gasteiger partial charge on any atom is -0.490 e. The zero-order chi connectivity index (χ0) is 36.4. The topological polar surface area (TPSA) is 97.4 Å². The van der Waals surface area contributed by atoms with Crippen LogP contribution in [0.3, 0.4) is 0 Å². The van der Waals surface area contributed by atoms with Crippen LogP contribution in [0.2, 0.25) is 5.02 Å². The van der Waals surface area contributed by atoms with Crippen LogP contribution in [-0.4, -0.2) is 81.8 Å². The van der Waals surface area contributed by atoms with Crippen molar-refractivity contribution in [3.63, 3.8) is 0 Å². The first-order valence-electron chi connectivity index (χ1n) is 19.7. The largest absolute Gasteiger partial charge is 0.490 e. The predicted molar refractivity (Wildman–Crippen MR) is 204 cm³/mol. The molecule has 6 aliphatic rings. The van der Waals surface area contributed by atoms with Gasteiger partial charge < -0.3 is 19.1 Å². The summed E-state index contributed by atoms with van der Waals surface area (Å²) in [7, 11) is -3.91. The first-order chi connectivity index (χ1) is 24.8. The van der Waals surface area contributed by atoms with Crippen molar-refractivity contribution in [2.75, 3.05) is 44.4 Å². The fraction of sp³-hybridized carbons (Fsp3) is 0.683. The van der Waals surface area contributed by atoms with Gasteiger partial charge >= 0.3 is 0 Å². The van der Waals surface area contributed by atoms with Gasteiger partial charge in [-0.1, -0.05) is 31.0 Å². The lowest BCUT2D eigenvalue weighted by Gasteiger charge is -2.54. The van der Waals surface area contributed by atoms with Crippen LogP contribution in [0.25, 0.3) is 0 Å². The third-order valence-corrected chi connectivity index (χ3v) is 16.1. The molecule has 1 saturated carbocycles. The Labute approximate surface area is 315 Å². The maximum absolute atomic E-state index is 13.6. The third-order valence-electron chi connectivity index (χ3n) is 13.9. The molecule has 1 N–H and O–H groups in total. The van der Waals surface area contributed by atoms with Crippen LogP contribution in [0.15, 0.2) is 36.4 Å². The molecule has 2 aromatic rings. The highest BCUT2D eigenvalue weighted by Gasteiger charge is 2.48. The lowest BCUT2D eigenvalue weighted by molar-refractivity contribution is -0.255. The van der Waals surface area contributed by atoms with Gasteiger partial charge in [-0.05, 0) is 131 Å². The van der Waals surface area contributed by atoms with Gasteiger partial charge in [-0.2, -0.15) is 0 Å². The van der Waals surface area contributed by atoms with E-state index in [-0.39, 0.29) is 35.1 Å². The molecule has 4 aliphatic heterocycles. The van der Waals surface area contributed by atoms with Gasteiger partial charge in [0.05, 0.1) is 36.8 Å². The normalized spacial score (nSPS) is 36.2. The molecule has 52 heavy (non-hydrogen) atoms. The number of likely N-dealkylation sites (tertiary alicyclic amines) is 1. The van der Waals surface area contributed by atoms with Crippen molar-refractivity contribution in [3.05, 3.63) is 58.1 Å². The number of fused-ring (bicyclic) bond motifs is 4. The molecule has 2 saturated heterocycles. The summed E-state index contributed by atoms with van der Waals surface area (Å²) in [4.78, 5) is 18.6. The molecule has 284 valence electrons. The molecule has 9 nitrogen and oxygen atoms in total. The average Bonchev–Trinajstić information content (AvgIpc) is 3.25. The van der Waals surface area contributed by atoms with Crippen molar-refractivity contribution < 1.29 is 27.4 Å². The Morgan fingerprint density at radius 1 is 0.942 bits per heavy atom. The van der Waals surface area contributed by atoms with Crippen molar-refractivity contribution in [2.24, 2.45) is 23.7 Å². The number of benzene rings is 2. The number of hydrogen-bond donors (Lipinski definition) is 1. The Hall–Kier alpha value is -2.37. The smallest absolute Gasteiger partial charge is 0.264 e. The number of anilines is 1. The molecular weight excluding hydrogens is 698 g/mol. The number of carbonyl (C=O) groups excluding carboxylic acids is 1. The number of nitrogens with zero attached hydrogens (tertiary/aromatic N) is 2. The molecule has 2 aromatic carbocycles. The number of rotatable bonds is 2. The van der Waals surface area contributed by atoms with E-state index in [4.69, 9.17) is 25.8 Å². The summed E-state index contributed by atoms with van der Waals surface area (Å²) in [5.74, 6) is 1.06. The molecule has 3 fully saturated rings. The molecular formula is C41H56ClN3O6S. The fourth-order valence-corrected chi connectivity index (χ4v) is 11.8. The standard InChI is InChI=1S/C41H56ClN3O6S/c1-26-7-5-9-34(39-49-22-32(23-50-39)45-18-17-40(45,3)4)33-13-10-30(33)21-44-24-41(16-6-8-28-19-31(42)12-14-35(28)41)25-51-37-15-11-29(20-36(37)44)38(46)43-52(47,48)27(26)2/h11-12,14-15,19-20,26-27,30,32-34,39H,5-10,13,16-18,21-25H2,1-4H3,(H,43,46)/t26-,27+,30-,32-,33+,34-,39-,41-/m0/s1. The van der Waals surface area contributed by atoms with E-state index in [1.165, 1.54) is 17.5 Å². The summed E-state index contributed by atoms with van der Waals surface area (Å²) in [6, 6.07) is 12.0. The van der Waals surface area contributed by atoms with Gasteiger partial charge in [-0.15, -0.1) is 0 Å². The number of aryl methyl sites for hydroxylation is 1. The van der Waals surface area contributed by atoms with E-state index >= 15 is 0 Å². The maximum Gasteiger partial charge on any atom is 0.264 e. The Bertz CT molecular complexity index is 1780. The predicted octanol–water partition coefficient (Wildman–Crippen LogP) is 6.95. The van der Waals surface area contributed by atoms with Crippen LogP contribution in [0, 0.1) is 23.7 Å². The van der Waals surface area contributed by atoms with E-state index in [1.54, 1.807) is 13.0 Å². The van der Waals surface area contributed by atoms with Gasteiger partial charge in [0.15, 0.2) is 6.29 Å². The summed E-state index contributed by atoms with van der Waals surface area (Å²) in [5.41, 5.74) is 3.69. The van der Waals surface area contributed by atoms with E-state index in [0.717, 1.165) is 87.5 Å². The van der Waals surface area contributed by atoms with Crippen LogP contribution in [0.5, 0.6) is 5.75 Å². The van der Waals surface area contributed by atoms with Crippen molar-refractivity contribution in [2.45, 2.75) is 114 Å². The number of sulfonamides is 1. The second-order valence-electron chi connectivity index (χ2n) is 17.5. The minimum atomic E-state index is -3.91. The van der Waals surface area contributed by atoms with Crippen molar-refractivity contribution in [3.8, 4) is 5.75 Å². The average molecular weight is 754 g/mol. The van der Waals surface area contributed by atoms with E-state index < -0.39 is 21.2 Å². The number of ether oxygens (including phenoxy) is 3. The lowest BCUT2D eigenvalue weighted by Crippen LogP contribution is -2.64. The van der Waals surface area contributed by atoms with Gasteiger partial charge in [-0.3, -0.25) is 9.69 Å². The summed E-state index contributed by atoms with van der Waals surface area (Å²) in [5, 5.41) is 0.0332. The molecule has 1 amide bonds. The number of carbonyl (C=O) groups is 1. The zero-order valence-electron chi connectivity index (χ0n) is 31.2. The quantitative estimate of drug-likeness (QED) is 0.352. The van der Waals surface area contributed by atoms with Gasteiger partial charge in [0.1, 0.15) is 5.75 Å². The van der Waals surface area contributed by atoms with Crippen molar-refractivity contribution in [1.29, 1.82) is 0 Å². The molecule has 11 heteroatoms. The van der Waals surface area contributed by atoms with Crippen LogP contribution >= 0.6 is 11.6 Å². The third kappa shape index (κ3) is 6.78. The number of hydrogen-bond acceptors (Lipinski definition) is 8. The lowest BCUT2D eigenvalue weighted by atomic mass is 9.64. The monoisotopic (exact) mass is 753 g/mol. The second kappa shape index (κ2) is 14.0. The SMILES string of the molecule is C[C@@H]1[C@@H](C)CCC[C@H]([C@H]2OC[C@H](N3CCC3(C)C)CO2)[C@@H]2CC[C@H]2CN2C[C@@]3(CCCc4cc(Cl)ccc43)COc3ccc(cc32)C(=O)NS1(=O)=O. The van der Waals surface area contributed by atoms with Crippen molar-refractivity contribution >= 4 is 33.2 Å². The molecule has 2 bridgehead atoms. The van der Waals surface area contributed by atoms with Crippen LogP contribution < -0.4 is 14.4 Å². The summed E-state index contributed by atoms with van der Waals surface area (Å²) < 4.78 is 49.5. The Morgan fingerprint density at radius 3 is 2.46 bits per heavy atom. The van der Waals surface area contributed by atoms with E-state index in [0.29, 0.717) is 37.2 Å². The van der Waals surface area contributed by atoms with Crippen LogP contribution in [-0.2, 0) is 31.3 Å². The number of nitrogens with one attached hydrogen (secondary N) is 1. The Kier molecular flexibility index (Phi) is 9.88. The van der Waals surface area contributed by atoms with E-state index in [1.807, 2.05) is 25.1 Å². The molecule has 8 rings (SSSR count). The fourth-order valence-electron chi connectivity index (χ4n) is 10.3. The summed E-state index contributed by atoms with van der Waals surface area (Å²) in [6.07, 6.45) is 8.73. The Morgan fingerprint density at radius 2 is 1.75 bits per heavy atom. The maximum atomic E-state index is 13.6. The summed E-state index contributed by atoms with van der Waals surface area (Å²) >= 11 is 6.49. The van der Waals surface area contributed by atoms with Gasteiger partial charge in [0.2, 0.25) is 10.0 Å². The number of amides is 1. The first kappa shape index (κ1) is 36.6. The van der Waals surface area contributed by atoms with E-state index in [2.05, 4.69) is 40.5 Å². The molecule has 1 spiro atoms. The molecule has 6 atom stereocenters. The molecule has 0 aromatic heterocycles. The highest BCUT2D eigenvalue weighted by atomic mass is 35.5. The molecule has 4 heterocycles. The van der Waals surface area contributed by atoms with Gasteiger partial charge in [0, 0.05) is 47.1 Å². The molecule has 2 aliphatic carbocycles. The number of halogens is 1. The molecule has 0 unspecified atom stereocenters. The minimum absolute atomic E-state index is 0.123. The van der Waals surface area contributed by atoms with Gasteiger partial charge in [0.25, 0.3) is 5.91 Å². The van der Waals surface area contributed by atoms with Crippen LogP contribution in [0.4, 0.5) is 5.69 Å². The van der Waals surface area contributed by atoms with Crippen molar-refractivity contribution in [1.82, 2.24) is 9.62 Å². The first-order valence-corrected chi connectivity index (χ1v) is 21.6. The second-order valence-corrected chi connectivity index (χ2v) is 20.0. The van der Waals surface area contributed by atoms with Crippen LogP contribution in [0.1, 0.15) is 101 Å².